The van der Waals surface area contributed by atoms with E-state index in [4.69, 9.17) is 16.3 Å². The third-order valence-electron chi connectivity index (χ3n) is 2.44. The zero-order valence-corrected chi connectivity index (χ0v) is 12.6. The number of hydrogen-bond acceptors (Lipinski definition) is 4. The minimum atomic E-state index is -0.481. The standard InChI is InChI=1S/C13H18ClNO3.ClH/c1-15-8-3-4-9-18-11-7-5-6-10(14)12(11)13(16)17-2;/h5-7,15H,3-4,8-9H2,1-2H3;1H. The van der Waals surface area contributed by atoms with Crippen molar-refractivity contribution < 1.29 is 14.3 Å². The van der Waals surface area contributed by atoms with Crippen molar-refractivity contribution in [2.75, 3.05) is 27.3 Å². The number of carbonyl (C=O) groups is 1. The highest BCUT2D eigenvalue weighted by Crippen LogP contribution is 2.27. The average molecular weight is 308 g/mol. The van der Waals surface area contributed by atoms with E-state index in [1.807, 2.05) is 7.05 Å². The molecule has 0 spiro atoms. The summed E-state index contributed by atoms with van der Waals surface area (Å²) in [5.41, 5.74) is 0.287. The topological polar surface area (TPSA) is 47.6 Å². The number of esters is 1. The van der Waals surface area contributed by atoms with Gasteiger partial charge in [-0.05, 0) is 38.6 Å². The lowest BCUT2D eigenvalue weighted by Gasteiger charge is -2.11. The van der Waals surface area contributed by atoms with Gasteiger partial charge in [-0.3, -0.25) is 0 Å². The Morgan fingerprint density at radius 2 is 2.11 bits per heavy atom. The second kappa shape index (κ2) is 9.89. The van der Waals surface area contributed by atoms with E-state index < -0.39 is 5.97 Å². The fraction of sp³-hybridized carbons (Fsp3) is 0.462. The molecule has 0 amide bonds. The van der Waals surface area contributed by atoms with Crippen LogP contribution < -0.4 is 10.1 Å². The Morgan fingerprint density at radius 1 is 1.37 bits per heavy atom. The van der Waals surface area contributed by atoms with E-state index in [0.29, 0.717) is 17.4 Å². The number of ether oxygens (including phenoxy) is 2. The van der Waals surface area contributed by atoms with Crippen LogP contribution in [0.15, 0.2) is 18.2 Å². The van der Waals surface area contributed by atoms with Crippen molar-refractivity contribution in [2.24, 2.45) is 0 Å². The van der Waals surface area contributed by atoms with Gasteiger partial charge in [0.25, 0.3) is 0 Å². The first-order valence-corrected chi connectivity index (χ1v) is 6.22. The van der Waals surface area contributed by atoms with Gasteiger partial charge in [-0.25, -0.2) is 4.79 Å². The Kier molecular flexibility index (Phi) is 9.39. The van der Waals surface area contributed by atoms with Crippen LogP contribution in [0.2, 0.25) is 5.02 Å². The van der Waals surface area contributed by atoms with E-state index in [-0.39, 0.29) is 18.0 Å². The highest BCUT2D eigenvalue weighted by atomic mass is 35.5. The largest absolute Gasteiger partial charge is 0.493 e. The van der Waals surface area contributed by atoms with Crippen LogP contribution in [0.4, 0.5) is 0 Å². The molecule has 0 aliphatic heterocycles. The van der Waals surface area contributed by atoms with Gasteiger partial charge in [-0.2, -0.15) is 0 Å². The summed E-state index contributed by atoms with van der Waals surface area (Å²) in [6, 6.07) is 5.11. The summed E-state index contributed by atoms with van der Waals surface area (Å²) >= 11 is 5.97. The van der Waals surface area contributed by atoms with Crippen LogP contribution in [-0.2, 0) is 4.74 Å². The molecule has 0 fully saturated rings. The predicted molar refractivity (Wildman–Crippen MR) is 78.7 cm³/mol. The van der Waals surface area contributed by atoms with E-state index in [1.54, 1.807) is 18.2 Å². The molecule has 0 radical (unpaired) electrons. The van der Waals surface area contributed by atoms with Crippen molar-refractivity contribution in [3.63, 3.8) is 0 Å². The number of unbranched alkanes of at least 4 members (excludes halogenated alkanes) is 1. The molecule has 1 aromatic carbocycles. The summed E-state index contributed by atoms with van der Waals surface area (Å²) in [7, 11) is 3.23. The molecule has 0 aromatic heterocycles. The molecular formula is C13H19Cl2NO3. The van der Waals surface area contributed by atoms with Gasteiger partial charge in [-0.15, -0.1) is 12.4 Å². The Hall–Kier alpha value is -0.970. The number of hydrogen-bond donors (Lipinski definition) is 1. The minimum Gasteiger partial charge on any atom is -0.493 e. The van der Waals surface area contributed by atoms with E-state index in [0.717, 1.165) is 19.4 Å². The number of halogens is 2. The van der Waals surface area contributed by atoms with Crippen molar-refractivity contribution in [3.05, 3.63) is 28.8 Å². The summed E-state index contributed by atoms with van der Waals surface area (Å²) in [4.78, 5) is 11.6. The quantitative estimate of drug-likeness (QED) is 0.621. The molecule has 0 bridgehead atoms. The van der Waals surface area contributed by atoms with Crippen LogP contribution in [0, 0.1) is 0 Å². The fourth-order valence-corrected chi connectivity index (χ4v) is 1.75. The third kappa shape index (κ3) is 5.68. The summed E-state index contributed by atoms with van der Waals surface area (Å²) in [6.07, 6.45) is 1.93. The Labute approximate surface area is 124 Å². The molecular weight excluding hydrogens is 289 g/mol. The number of methoxy groups -OCH3 is 1. The van der Waals surface area contributed by atoms with Crippen LogP contribution in [0.3, 0.4) is 0 Å². The van der Waals surface area contributed by atoms with Gasteiger partial charge < -0.3 is 14.8 Å². The molecule has 0 aliphatic carbocycles. The highest BCUT2D eigenvalue weighted by Gasteiger charge is 2.16. The second-order valence-electron chi connectivity index (χ2n) is 3.76. The van der Waals surface area contributed by atoms with E-state index in [9.17, 15) is 4.79 Å². The van der Waals surface area contributed by atoms with Gasteiger partial charge in [0.2, 0.25) is 0 Å². The highest BCUT2D eigenvalue weighted by molar-refractivity contribution is 6.34. The maximum absolute atomic E-state index is 11.6. The molecule has 0 aliphatic rings. The summed E-state index contributed by atoms with van der Waals surface area (Å²) in [6.45, 7) is 1.49. The zero-order valence-electron chi connectivity index (χ0n) is 11.1. The van der Waals surface area contributed by atoms with Gasteiger partial charge >= 0.3 is 5.97 Å². The van der Waals surface area contributed by atoms with Crippen LogP contribution in [0.1, 0.15) is 23.2 Å². The summed E-state index contributed by atoms with van der Waals surface area (Å²) in [5, 5.41) is 3.41. The van der Waals surface area contributed by atoms with E-state index in [2.05, 4.69) is 10.1 Å². The number of rotatable bonds is 7. The maximum atomic E-state index is 11.6. The van der Waals surface area contributed by atoms with E-state index in [1.165, 1.54) is 7.11 Å². The van der Waals surface area contributed by atoms with Crippen LogP contribution in [-0.4, -0.2) is 33.3 Å². The van der Waals surface area contributed by atoms with Gasteiger partial charge in [0.1, 0.15) is 11.3 Å². The third-order valence-corrected chi connectivity index (χ3v) is 2.76. The number of carbonyl (C=O) groups excluding carboxylic acids is 1. The SMILES string of the molecule is CNCCCCOc1cccc(Cl)c1C(=O)OC.Cl. The van der Waals surface area contributed by atoms with Gasteiger partial charge in [0.15, 0.2) is 0 Å². The summed E-state index contributed by atoms with van der Waals surface area (Å²) in [5.74, 6) is -0.00960. The maximum Gasteiger partial charge on any atom is 0.343 e. The lowest BCUT2D eigenvalue weighted by Crippen LogP contribution is -2.10. The zero-order chi connectivity index (χ0) is 13.4. The summed E-state index contributed by atoms with van der Waals surface area (Å²) < 4.78 is 10.3. The smallest absolute Gasteiger partial charge is 0.343 e. The van der Waals surface area contributed by atoms with Crippen LogP contribution >= 0.6 is 24.0 Å². The van der Waals surface area contributed by atoms with Crippen molar-refractivity contribution in [2.45, 2.75) is 12.8 Å². The van der Waals surface area contributed by atoms with Gasteiger partial charge in [0, 0.05) is 0 Å². The van der Waals surface area contributed by atoms with Crippen molar-refractivity contribution in [1.82, 2.24) is 5.32 Å². The molecule has 19 heavy (non-hydrogen) atoms. The van der Waals surface area contributed by atoms with Crippen molar-refractivity contribution in [1.29, 1.82) is 0 Å². The van der Waals surface area contributed by atoms with Crippen LogP contribution in [0.5, 0.6) is 5.75 Å². The molecule has 0 unspecified atom stereocenters. The fourth-order valence-electron chi connectivity index (χ4n) is 1.51. The molecule has 4 nitrogen and oxygen atoms in total. The van der Waals surface area contributed by atoms with Crippen molar-refractivity contribution >= 4 is 30.0 Å². The molecule has 0 saturated carbocycles. The first-order valence-electron chi connectivity index (χ1n) is 5.85. The van der Waals surface area contributed by atoms with Gasteiger partial charge in [-0.1, -0.05) is 17.7 Å². The molecule has 108 valence electrons. The average Bonchev–Trinajstić information content (AvgIpc) is 2.38. The molecule has 0 atom stereocenters. The van der Waals surface area contributed by atoms with E-state index >= 15 is 0 Å². The first kappa shape index (κ1) is 18.0. The first-order chi connectivity index (χ1) is 8.70. The Balaban J connectivity index is 0.00000324. The second-order valence-corrected chi connectivity index (χ2v) is 4.17. The lowest BCUT2D eigenvalue weighted by molar-refractivity contribution is 0.0596. The number of nitrogens with one attached hydrogen (secondary N) is 1. The van der Waals surface area contributed by atoms with Gasteiger partial charge in [0.05, 0.1) is 18.7 Å². The lowest BCUT2D eigenvalue weighted by atomic mass is 10.2. The molecule has 0 heterocycles. The molecule has 1 aromatic rings. The monoisotopic (exact) mass is 307 g/mol. The molecule has 1 rings (SSSR count). The molecule has 1 N–H and O–H groups in total. The Bertz CT molecular complexity index is 399. The Morgan fingerprint density at radius 3 is 2.74 bits per heavy atom. The minimum absolute atomic E-state index is 0. The normalized spacial score (nSPS) is 9.63. The predicted octanol–water partition coefficient (Wildman–Crippen LogP) is 2.93. The number of benzene rings is 1. The molecule has 0 saturated heterocycles. The van der Waals surface area contributed by atoms with Crippen LogP contribution in [0.25, 0.3) is 0 Å². The van der Waals surface area contributed by atoms with Crippen molar-refractivity contribution in [3.8, 4) is 5.75 Å². The molecule has 6 heteroatoms.